The maximum absolute atomic E-state index is 6.21. The third-order valence-electron chi connectivity index (χ3n) is 3.01. The maximum Gasteiger partial charge on any atom is 0.106 e. The number of hydrogen-bond donors (Lipinski definition) is 2. The Labute approximate surface area is 129 Å². The van der Waals surface area contributed by atoms with Crippen LogP contribution in [0, 0.1) is 0 Å². The molecule has 2 rings (SSSR count). The molecule has 0 saturated carbocycles. The van der Waals surface area contributed by atoms with Crippen LogP contribution in [0.4, 0.5) is 0 Å². The number of imidazole rings is 1. The van der Waals surface area contributed by atoms with E-state index in [-0.39, 0.29) is 0 Å². The summed E-state index contributed by atoms with van der Waals surface area (Å²) < 4.78 is 0. The Balaban J connectivity index is 2.00. The Bertz CT molecular complexity index is 564. The number of H-pyrrole nitrogens is 1. The minimum Gasteiger partial charge on any atom is -0.342 e. The minimum absolute atomic E-state index is 0.521. The smallest absolute Gasteiger partial charge is 0.106 e. The molecular formula is C15H19Cl2N3. The summed E-state index contributed by atoms with van der Waals surface area (Å²) in [6.07, 6.45) is 3.77. The van der Waals surface area contributed by atoms with Crippen LogP contribution < -0.4 is 5.32 Å². The fourth-order valence-electron chi connectivity index (χ4n) is 1.98. The molecule has 0 spiro atoms. The van der Waals surface area contributed by atoms with E-state index in [9.17, 15) is 0 Å². The third kappa shape index (κ3) is 3.98. The van der Waals surface area contributed by atoms with E-state index in [1.54, 1.807) is 6.07 Å². The van der Waals surface area contributed by atoms with Crippen molar-refractivity contribution < 1.29 is 0 Å². The standard InChI is InChI=1S/C15H19Cl2N3/c1-10(2)18-8-4-7-14-19-9-13(20-14)11-5-3-6-12(16)15(11)17/h3,5-6,9-10,18H,4,7-8H2,1-2H3,(H,19,20). The summed E-state index contributed by atoms with van der Waals surface area (Å²) >= 11 is 12.2. The number of aryl methyl sites for hydroxylation is 1. The van der Waals surface area contributed by atoms with Gasteiger partial charge in [-0.05, 0) is 19.0 Å². The van der Waals surface area contributed by atoms with Crippen LogP contribution in [-0.2, 0) is 6.42 Å². The Morgan fingerprint density at radius 3 is 2.85 bits per heavy atom. The first-order valence-electron chi connectivity index (χ1n) is 6.79. The van der Waals surface area contributed by atoms with E-state index in [4.69, 9.17) is 23.2 Å². The Morgan fingerprint density at radius 2 is 2.10 bits per heavy atom. The van der Waals surface area contributed by atoms with Crippen LogP contribution in [0.25, 0.3) is 11.3 Å². The molecule has 0 fully saturated rings. The molecule has 0 bridgehead atoms. The van der Waals surface area contributed by atoms with Gasteiger partial charge in [-0.25, -0.2) is 4.98 Å². The summed E-state index contributed by atoms with van der Waals surface area (Å²) in [6.45, 7) is 5.28. The summed E-state index contributed by atoms with van der Waals surface area (Å²) in [6, 6.07) is 6.12. The molecular weight excluding hydrogens is 293 g/mol. The van der Waals surface area contributed by atoms with E-state index in [0.717, 1.165) is 36.5 Å². The molecule has 2 aromatic rings. The summed E-state index contributed by atoms with van der Waals surface area (Å²) in [5.41, 5.74) is 1.79. The molecule has 1 aromatic carbocycles. The minimum atomic E-state index is 0.521. The van der Waals surface area contributed by atoms with E-state index >= 15 is 0 Å². The van der Waals surface area contributed by atoms with Crippen LogP contribution in [0.2, 0.25) is 10.0 Å². The van der Waals surface area contributed by atoms with E-state index in [1.807, 2.05) is 18.3 Å². The number of benzene rings is 1. The van der Waals surface area contributed by atoms with Gasteiger partial charge in [0, 0.05) is 18.0 Å². The average molecular weight is 312 g/mol. The van der Waals surface area contributed by atoms with E-state index in [2.05, 4.69) is 29.1 Å². The summed E-state index contributed by atoms with van der Waals surface area (Å²) in [5.74, 6) is 0.974. The normalized spacial score (nSPS) is 11.2. The monoisotopic (exact) mass is 311 g/mol. The van der Waals surface area contributed by atoms with Gasteiger partial charge >= 0.3 is 0 Å². The molecule has 5 heteroatoms. The maximum atomic E-state index is 6.21. The van der Waals surface area contributed by atoms with Crippen molar-refractivity contribution in [3.8, 4) is 11.3 Å². The third-order valence-corrected chi connectivity index (χ3v) is 3.83. The van der Waals surface area contributed by atoms with Crippen molar-refractivity contribution >= 4 is 23.2 Å². The molecule has 0 aliphatic carbocycles. The van der Waals surface area contributed by atoms with E-state index in [0.29, 0.717) is 16.1 Å². The second kappa shape index (κ2) is 7.11. The lowest BCUT2D eigenvalue weighted by atomic mass is 10.2. The lowest BCUT2D eigenvalue weighted by molar-refractivity contribution is 0.567. The van der Waals surface area contributed by atoms with Crippen molar-refractivity contribution in [3.63, 3.8) is 0 Å². The number of aromatic amines is 1. The van der Waals surface area contributed by atoms with Gasteiger partial charge in [-0.2, -0.15) is 0 Å². The Hall–Kier alpha value is -1.03. The Morgan fingerprint density at radius 1 is 1.30 bits per heavy atom. The summed E-state index contributed by atoms with van der Waals surface area (Å²) in [5, 5.41) is 4.51. The van der Waals surface area contributed by atoms with Crippen molar-refractivity contribution in [3.05, 3.63) is 40.3 Å². The molecule has 2 N–H and O–H groups in total. The second-order valence-electron chi connectivity index (χ2n) is 5.06. The van der Waals surface area contributed by atoms with Gasteiger partial charge in [-0.15, -0.1) is 0 Å². The van der Waals surface area contributed by atoms with Gasteiger partial charge in [0.1, 0.15) is 5.82 Å². The van der Waals surface area contributed by atoms with Crippen LogP contribution >= 0.6 is 23.2 Å². The highest BCUT2D eigenvalue weighted by Crippen LogP contribution is 2.32. The number of halogens is 2. The lowest BCUT2D eigenvalue weighted by Crippen LogP contribution is -2.24. The van der Waals surface area contributed by atoms with Gasteiger partial charge in [-0.1, -0.05) is 49.2 Å². The molecule has 108 valence electrons. The zero-order valence-electron chi connectivity index (χ0n) is 11.7. The summed E-state index contributed by atoms with van der Waals surface area (Å²) in [4.78, 5) is 7.70. The van der Waals surface area contributed by atoms with Crippen LogP contribution in [0.15, 0.2) is 24.4 Å². The zero-order chi connectivity index (χ0) is 14.5. The molecule has 0 saturated heterocycles. The molecule has 0 atom stereocenters. The average Bonchev–Trinajstić information content (AvgIpc) is 2.86. The highest BCUT2D eigenvalue weighted by molar-refractivity contribution is 6.43. The van der Waals surface area contributed by atoms with Crippen molar-refractivity contribution in [1.82, 2.24) is 15.3 Å². The largest absolute Gasteiger partial charge is 0.342 e. The number of nitrogens with zero attached hydrogens (tertiary/aromatic N) is 1. The Kier molecular flexibility index (Phi) is 5.46. The van der Waals surface area contributed by atoms with Gasteiger partial charge in [0.25, 0.3) is 0 Å². The predicted octanol–water partition coefficient (Wildman–Crippen LogP) is 4.31. The molecule has 20 heavy (non-hydrogen) atoms. The first-order chi connectivity index (χ1) is 9.58. The fraction of sp³-hybridized carbons (Fsp3) is 0.400. The summed E-state index contributed by atoms with van der Waals surface area (Å²) in [7, 11) is 0. The number of nitrogens with one attached hydrogen (secondary N) is 2. The fourth-order valence-corrected chi connectivity index (χ4v) is 2.39. The van der Waals surface area contributed by atoms with E-state index < -0.39 is 0 Å². The number of aromatic nitrogens is 2. The molecule has 0 radical (unpaired) electrons. The van der Waals surface area contributed by atoms with Crippen molar-refractivity contribution in [2.45, 2.75) is 32.7 Å². The highest BCUT2D eigenvalue weighted by atomic mass is 35.5. The molecule has 0 amide bonds. The molecule has 0 unspecified atom stereocenters. The zero-order valence-corrected chi connectivity index (χ0v) is 13.2. The molecule has 3 nitrogen and oxygen atoms in total. The SMILES string of the molecule is CC(C)NCCCc1ncc(-c2cccc(Cl)c2Cl)[nH]1. The van der Waals surface area contributed by atoms with Crippen molar-refractivity contribution in [2.24, 2.45) is 0 Å². The van der Waals surface area contributed by atoms with Gasteiger partial charge in [0.2, 0.25) is 0 Å². The highest BCUT2D eigenvalue weighted by Gasteiger charge is 2.09. The molecule has 0 aliphatic heterocycles. The van der Waals surface area contributed by atoms with Gasteiger partial charge in [0.15, 0.2) is 0 Å². The first-order valence-corrected chi connectivity index (χ1v) is 7.55. The van der Waals surface area contributed by atoms with Crippen LogP contribution in [0.5, 0.6) is 0 Å². The van der Waals surface area contributed by atoms with Crippen molar-refractivity contribution in [1.29, 1.82) is 0 Å². The van der Waals surface area contributed by atoms with Crippen LogP contribution in [0.1, 0.15) is 26.1 Å². The number of rotatable bonds is 6. The quantitative estimate of drug-likeness (QED) is 0.780. The van der Waals surface area contributed by atoms with Crippen molar-refractivity contribution in [2.75, 3.05) is 6.54 Å². The molecule has 1 aromatic heterocycles. The first kappa shape index (κ1) is 15.4. The van der Waals surface area contributed by atoms with Crippen LogP contribution in [-0.4, -0.2) is 22.6 Å². The van der Waals surface area contributed by atoms with Gasteiger partial charge in [-0.3, -0.25) is 0 Å². The topological polar surface area (TPSA) is 40.7 Å². The molecule has 1 heterocycles. The van der Waals surface area contributed by atoms with E-state index in [1.165, 1.54) is 0 Å². The number of hydrogen-bond acceptors (Lipinski definition) is 2. The predicted molar refractivity (Wildman–Crippen MR) is 85.5 cm³/mol. The van der Waals surface area contributed by atoms with Gasteiger partial charge < -0.3 is 10.3 Å². The second-order valence-corrected chi connectivity index (χ2v) is 5.84. The molecule has 0 aliphatic rings. The lowest BCUT2D eigenvalue weighted by Gasteiger charge is -2.06. The van der Waals surface area contributed by atoms with Gasteiger partial charge in [0.05, 0.1) is 21.9 Å². The van der Waals surface area contributed by atoms with Crippen LogP contribution in [0.3, 0.4) is 0 Å².